The average molecular weight is 326 g/mol. The molecule has 1 aromatic carbocycles. The van der Waals surface area contributed by atoms with Gasteiger partial charge >= 0.3 is 5.97 Å². The number of rotatable bonds is 2. The number of hydrogen-bond donors (Lipinski definition) is 0. The summed E-state index contributed by atoms with van der Waals surface area (Å²) < 4.78 is 12.4. The summed E-state index contributed by atoms with van der Waals surface area (Å²) >= 11 is 0. The van der Waals surface area contributed by atoms with E-state index in [1.54, 1.807) is 14.0 Å². The molecule has 6 nitrogen and oxygen atoms in total. The maximum absolute atomic E-state index is 12.8. The predicted octanol–water partition coefficient (Wildman–Crippen LogP) is 3.04. The lowest BCUT2D eigenvalue weighted by atomic mass is 9.98. The lowest BCUT2D eigenvalue weighted by molar-refractivity contribution is -0.131. The highest BCUT2D eigenvalue weighted by Crippen LogP contribution is 2.37. The molecular weight excluding hydrogens is 308 g/mol. The summed E-state index contributed by atoms with van der Waals surface area (Å²) in [6, 6.07) is 5.76. The van der Waals surface area contributed by atoms with E-state index < -0.39 is 5.97 Å². The minimum Gasteiger partial charge on any atom is -0.461 e. The largest absolute Gasteiger partial charge is 0.461 e. The Labute approximate surface area is 138 Å². The highest BCUT2D eigenvalue weighted by molar-refractivity contribution is 5.96. The zero-order valence-corrected chi connectivity index (χ0v) is 14.3. The molecule has 0 aliphatic carbocycles. The second-order valence-electron chi connectivity index (χ2n) is 5.84. The molecule has 6 heteroatoms. The van der Waals surface area contributed by atoms with Gasteiger partial charge in [-0.2, -0.15) is 5.10 Å². The number of hydrogen-bond acceptors (Lipinski definition) is 5. The van der Waals surface area contributed by atoms with Crippen molar-refractivity contribution < 1.29 is 13.9 Å². The van der Waals surface area contributed by atoms with Crippen LogP contribution in [0.2, 0.25) is 0 Å². The Balaban J connectivity index is 2.48. The number of esters is 1. The Morgan fingerprint density at radius 1 is 1.21 bits per heavy atom. The van der Waals surface area contributed by atoms with Crippen molar-refractivity contribution in [3.05, 3.63) is 45.6 Å². The minimum atomic E-state index is -0.505. The number of benzene rings is 1. The van der Waals surface area contributed by atoms with Crippen molar-refractivity contribution in [2.45, 2.75) is 27.7 Å². The molecule has 3 aromatic rings. The highest BCUT2D eigenvalue weighted by Gasteiger charge is 2.23. The van der Waals surface area contributed by atoms with Gasteiger partial charge in [-0.05, 0) is 32.4 Å². The molecule has 0 spiro atoms. The van der Waals surface area contributed by atoms with Gasteiger partial charge in [-0.15, -0.1) is 0 Å². The van der Waals surface area contributed by atoms with Crippen molar-refractivity contribution in [3.63, 3.8) is 0 Å². The third-order valence-electron chi connectivity index (χ3n) is 3.88. The quantitative estimate of drug-likeness (QED) is 0.677. The van der Waals surface area contributed by atoms with Crippen LogP contribution in [-0.4, -0.2) is 15.7 Å². The molecule has 0 saturated carbocycles. The first-order chi connectivity index (χ1) is 11.3. The Kier molecular flexibility index (Phi) is 3.75. The number of aromatic nitrogens is 2. The number of nitrogens with zero attached hydrogens (tertiary/aromatic N) is 2. The number of fused-ring (bicyclic) bond motifs is 1. The average Bonchev–Trinajstić information content (AvgIpc) is 2.86. The van der Waals surface area contributed by atoms with Crippen LogP contribution in [0.15, 0.2) is 27.4 Å². The molecule has 0 bridgehead atoms. The standard InChI is InChI=1S/C18H18N2O4/c1-9-6-7-13-8-10(2)23-17(13)14(9)15-16(24-12(4)21)11(3)19-20(5)18(15)22/h6-8H,1-5H3. The summed E-state index contributed by atoms with van der Waals surface area (Å²) in [6.07, 6.45) is 0. The topological polar surface area (TPSA) is 74.3 Å². The molecule has 3 rings (SSSR count). The maximum atomic E-state index is 12.8. The van der Waals surface area contributed by atoms with E-state index in [4.69, 9.17) is 9.15 Å². The van der Waals surface area contributed by atoms with Gasteiger partial charge in [-0.1, -0.05) is 12.1 Å². The van der Waals surface area contributed by atoms with Crippen LogP contribution >= 0.6 is 0 Å². The SMILES string of the molecule is CC(=O)Oc1c(C)nn(C)c(=O)c1-c1c(C)ccc2cc(C)oc12. The van der Waals surface area contributed by atoms with E-state index in [1.807, 2.05) is 32.0 Å². The molecule has 0 amide bonds. The zero-order valence-electron chi connectivity index (χ0n) is 14.3. The monoisotopic (exact) mass is 326 g/mol. The fourth-order valence-electron chi connectivity index (χ4n) is 2.89. The van der Waals surface area contributed by atoms with E-state index >= 15 is 0 Å². The van der Waals surface area contributed by atoms with E-state index in [1.165, 1.54) is 11.6 Å². The van der Waals surface area contributed by atoms with E-state index in [9.17, 15) is 9.59 Å². The third-order valence-corrected chi connectivity index (χ3v) is 3.88. The van der Waals surface area contributed by atoms with Crippen molar-refractivity contribution >= 4 is 16.9 Å². The molecular formula is C18H18N2O4. The first-order valence-corrected chi connectivity index (χ1v) is 7.56. The Hall–Kier alpha value is -2.89. The number of furan rings is 1. The van der Waals surface area contributed by atoms with Crippen molar-refractivity contribution in [2.75, 3.05) is 0 Å². The van der Waals surface area contributed by atoms with Gasteiger partial charge in [-0.25, -0.2) is 4.68 Å². The molecule has 0 fully saturated rings. The van der Waals surface area contributed by atoms with Crippen LogP contribution in [0.1, 0.15) is 23.9 Å². The van der Waals surface area contributed by atoms with E-state index in [0.717, 1.165) is 16.7 Å². The summed E-state index contributed by atoms with van der Waals surface area (Å²) in [4.78, 5) is 24.3. The van der Waals surface area contributed by atoms with Crippen LogP contribution in [0.4, 0.5) is 0 Å². The van der Waals surface area contributed by atoms with Gasteiger partial charge in [0.15, 0.2) is 5.75 Å². The molecule has 2 aromatic heterocycles. The molecule has 0 atom stereocenters. The number of carbonyl (C=O) groups excluding carboxylic acids is 1. The second kappa shape index (κ2) is 5.63. The summed E-state index contributed by atoms with van der Waals surface area (Å²) in [6.45, 7) is 6.73. The number of carbonyl (C=O) groups is 1. The first kappa shape index (κ1) is 16.0. The van der Waals surface area contributed by atoms with Gasteiger partial charge in [0.1, 0.15) is 17.0 Å². The summed E-state index contributed by atoms with van der Waals surface area (Å²) in [5.41, 5.74) is 2.49. The zero-order chi connectivity index (χ0) is 17.6. The Morgan fingerprint density at radius 3 is 2.58 bits per heavy atom. The van der Waals surface area contributed by atoms with Crippen LogP contribution in [-0.2, 0) is 11.8 Å². The first-order valence-electron chi connectivity index (χ1n) is 7.56. The Morgan fingerprint density at radius 2 is 1.92 bits per heavy atom. The van der Waals surface area contributed by atoms with Gasteiger partial charge in [0.05, 0.1) is 5.56 Å². The molecule has 124 valence electrons. The molecule has 0 aliphatic rings. The smallest absolute Gasteiger partial charge is 0.308 e. The maximum Gasteiger partial charge on any atom is 0.308 e. The molecule has 0 N–H and O–H groups in total. The van der Waals surface area contributed by atoms with Gasteiger partial charge in [0.2, 0.25) is 0 Å². The second-order valence-corrected chi connectivity index (χ2v) is 5.84. The lowest BCUT2D eigenvalue weighted by Gasteiger charge is -2.14. The lowest BCUT2D eigenvalue weighted by Crippen LogP contribution is -2.24. The van der Waals surface area contributed by atoms with Crippen molar-refractivity contribution in [1.29, 1.82) is 0 Å². The van der Waals surface area contributed by atoms with Crippen LogP contribution < -0.4 is 10.3 Å². The number of aryl methyl sites for hydroxylation is 4. The van der Waals surface area contributed by atoms with E-state index in [0.29, 0.717) is 16.8 Å². The Bertz CT molecular complexity index is 1030. The van der Waals surface area contributed by atoms with Crippen LogP contribution in [0.3, 0.4) is 0 Å². The van der Waals surface area contributed by atoms with Gasteiger partial charge in [0, 0.05) is 24.9 Å². The van der Waals surface area contributed by atoms with Gasteiger partial charge < -0.3 is 9.15 Å². The van der Waals surface area contributed by atoms with Crippen molar-refractivity contribution in [2.24, 2.45) is 7.05 Å². The molecule has 0 aliphatic heterocycles. The summed E-state index contributed by atoms with van der Waals surface area (Å²) in [5, 5.41) is 5.01. The van der Waals surface area contributed by atoms with Crippen LogP contribution in [0.25, 0.3) is 22.1 Å². The fraction of sp³-hybridized carbons (Fsp3) is 0.278. The molecule has 2 heterocycles. The molecule has 0 radical (unpaired) electrons. The summed E-state index contributed by atoms with van der Waals surface area (Å²) in [5.74, 6) is 0.415. The summed E-state index contributed by atoms with van der Waals surface area (Å²) in [7, 11) is 1.57. The predicted molar refractivity (Wildman–Crippen MR) is 90.2 cm³/mol. The molecule has 24 heavy (non-hydrogen) atoms. The van der Waals surface area contributed by atoms with Gasteiger partial charge in [0.25, 0.3) is 5.56 Å². The van der Waals surface area contributed by atoms with E-state index in [-0.39, 0.29) is 16.9 Å². The van der Waals surface area contributed by atoms with Crippen molar-refractivity contribution in [1.82, 2.24) is 9.78 Å². The molecule has 0 saturated heterocycles. The number of ether oxygens (including phenoxy) is 1. The third kappa shape index (κ3) is 2.50. The fourth-order valence-corrected chi connectivity index (χ4v) is 2.89. The van der Waals surface area contributed by atoms with E-state index in [2.05, 4.69) is 5.10 Å². The van der Waals surface area contributed by atoms with Crippen LogP contribution in [0.5, 0.6) is 5.75 Å². The van der Waals surface area contributed by atoms with Crippen LogP contribution in [0, 0.1) is 20.8 Å². The minimum absolute atomic E-state index is 0.176. The normalized spacial score (nSPS) is 11.0. The highest BCUT2D eigenvalue weighted by atomic mass is 16.5. The van der Waals surface area contributed by atoms with Gasteiger partial charge in [-0.3, -0.25) is 9.59 Å². The van der Waals surface area contributed by atoms with Crippen molar-refractivity contribution in [3.8, 4) is 16.9 Å². The molecule has 0 unspecified atom stereocenters.